The van der Waals surface area contributed by atoms with Gasteiger partial charge >= 0.3 is 0 Å². The van der Waals surface area contributed by atoms with E-state index in [0.29, 0.717) is 17.4 Å². The van der Waals surface area contributed by atoms with Crippen molar-refractivity contribution in [3.8, 4) is 0 Å². The van der Waals surface area contributed by atoms with Crippen LogP contribution in [0.15, 0.2) is 12.3 Å². The van der Waals surface area contributed by atoms with Crippen molar-refractivity contribution >= 4 is 23.0 Å². The molecule has 0 aliphatic carbocycles. The number of anilines is 1. The van der Waals surface area contributed by atoms with Crippen molar-refractivity contribution in [1.82, 2.24) is 4.98 Å². The summed E-state index contributed by atoms with van der Waals surface area (Å²) in [6, 6.07) is 1.87. The van der Waals surface area contributed by atoms with E-state index in [1.807, 2.05) is 24.9 Å². The fraction of sp³-hybridized carbons (Fsp3) is 0.500. The van der Waals surface area contributed by atoms with Gasteiger partial charge in [-0.05, 0) is 32.4 Å². The normalized spacial score (nSPS) is 11.4. The van der Waals surface area contributed by atoms with E-state index in [-0.39, 0.29) is 0 Å². The first kappa shape index (κ1) is 13.9. The smallest absolute Gasteiger partial charge is 0.138 e. The van der Waals surface area contributed by atoms with Crippen LogP contribution in [0.5, 0.6) is 0 Å². The molecule has 0 radical (unpaired) electrons. The van der Waals surface area contributed by atoms with Crippen LogP contribution in [-0.2, 0) is 0 Å². The molecule has 0 unspecified atom stereocenters. The summed E-state index contributed by atoms with van der Waals surface area (Å²) in [4.78, 5) is 6.48. The lowest BCUT2D eigenvalue weighted by Gasteiger charge is -2.28. The Kier molecular flexibility index (Phi) is 4.06. The zero-order chi connectivity index (χ0) is 13.2. The number of hydrogen-bond donors (Lipinski definition) is 2. The minimum Gasteiger partial charge on any atom is -0.389 e. The summed E-state index contributed by atoms with van der Waals surface area (Å²) < 4.78 is 0. The molecule has 0 aliphatic heterocycles. The lowest BCUT2D eigenvalue weighted by Crippen LogP contribution is -2.37. The second kappa shape index (κ2) is 4.98. The highest BCUT2D eigenvalue weighted by Crippen LogP contribution is 2.21. The van der Waals surface area contributed by atoms with E-state index in [1.165, 1.54) is 0 Å². The molecule has 0 fully saturated rings. The highest BCUT2D eigenvalue weighted by molar-refractivity contribution is 7.80. The Morgan fingerprint density at radius 1 is 1.59 bits per heavy atom. The molecule has 0 saturated carbocycles. The summed E-state index contributed by atoms with van der Waals surface area (Å²) in [5, 5.41) is 9.81. The van der Waals surface area contributed by atoms with Crippen LogP contribution in [0.3, 0.4) is 0 Å². The maximum atomic E-state index is 9.81. The second-order valence-electron chi connectivity index (χ2n) is 4.86. The van der Waals surface area contributed by atoms with Gasteiger partial charge in [-0.1, -0.05) is 12.2 Å². The lowest BCUT2D eigenvalue weighted by molar-refractivity contribution is 0.0884. The van der Waals surface area contributed by atoms with Gasteiger partial charge < -0.3 is 15.7 Å². The van der Waals surface area contributed by atoms with Crippen molar-refractivity contribution < 1.29 is 5.11 Å². The second-order valence-corrected chi connectivity index (χ2v) is 5.30. The molecule has 0 aromatic carbocycles. The topological polar surface area (TPSA) is 62.4 Å². The van der Waals surface area contributed by atoms with E-state index >= 15 is 0 Å². The van der Waals surface area contributed by atoms with Crippen LogP contribution in [0.2, 0.25) is 0 Å². The van der Waals surface area contributed by atoms with Crippen molar-refractivity contribution in [3.63, 3.8) is 0 Å². The van der Waals surface area contributed by atoms with Crippen LogP contribution in [-0.4, -0.2) is 34.3 Å². The molecule has 1 aromatic heterocycles. The number of pyridine rings is 1. The number of thiocarbonyl (C=S) groups is 1. The minimum absolute atomic E-state index is 0.327. The van der Waals surface area contributed by atoms with E-state index in [2.05, 4.69) is 4.98 Å². The van der Waals surface area contributed by atoms with Gasteiger partial charge in [0.25, 0.3) is 0 Å². The zero-order valence-corrected chi connectivity index (χ0v) is 11.5. The van der Waals surface area contributed by atoms with Crippen LogP contribution in [0.25, 0.3) is 0 Å². The third-order valence-electron chi connectivity index (χ3n) is 2.37. The van der Waals surface area contributed by atoms with Crippen molar-refractivity contribution in [2.45, 2.75) is 26.4 Å². The van der Waals surface area contributed by atoms with Gasteiger partial charge in [0.1, 0.15) is 10.8 Å². The molecule has 5 heteroatoms. The van der Waals surface area contributed by atoms with Gasteiger partial charge in [-0.3, -0.25) is 0 Å². The Morgan fingerprint density at radius 2 is 2.18 bits per heavy atom. The molecule has 3 N–H and O–H groups in total. The Balaban J connectivity index is 3.13. The van der Waals surface area contributed by atoms with E-state index in [9.17, 15) is 5.11 Å². The number of aliphatic hydroxyl groups is 1. The third-order valence-corrected chi connectivity index (χ3v) is 2.58. The van der Waals surface area contributed by atoms with Crippen LogP contribution in [0, 0.1) is 6.92 Å². The predicted octanol–water partition coefficient (Wildman–Crippen LogP) is 1.23. The Labute approximate surface area is 107 Å². The van der Waals surface area contributed by atoms with E-state index in [0.717, 1.165) is 11.1 Å². The fourth-order valence-corrected chi connectivity index (χ4v) is 2.05. The van der Waals surface area contributed by atoms with Crippen LogP contribution in [0.1, 0.15) is 25.0 Å². The molecule has 94 valence electrons. The highest BCUT2D eigenvalue weighted by Gasteiger charge is 2.20. The predicted molar refractivity (Wildman–Crippen MR) is 74.4 cm³/mol. The molecule has 0 spiro atoms. The molecule has 0 atom stereocenters. The Hall–Kier alpha value is -1.20. The average Bonchev–Trinajstić information content (AvgIpc) is 2.13. The van der Waals surface area contributed by atoms with E-state index < -0.39 is 5.60 Å². The summed E-state index contributed by atoms with van der Waals surface area (Å²) in [6.45, 7) is 5.90. The maximum absolute atomic E-state index is 9.81. The average molecular weight is 253 g/mol. The van der Waals surface area contributed by atoms with Gasteiger partial charge in [-0.25, -0.2) is 4.98 Å². The number of rotatable bonds is 4. The fourth-order valence-electron chi connectivity index (χ4n) is 1.79. The summed E-state index contributed by atoms with van der Waals surface area (Å²) in [7, 11) is 1.86. The molecular weight excluding hydrogens is 234 g/mol. The molecule has 4 nitrogen and oxygen atoms in total. The van der Waals surface area contributed by atoms with E-state index in [4.69, 9.17) is 18.0 Å². The molecule has 1 rings (SSSR count). The van der Waals surface area contributed by atoms with Crippen molar-refractivity contribution in [1.29, 1.82) is 0 Å². The first-order valence-corrected chi connectivity index (χ1v) is 5.82. The Bertz CT molecular complexity index is 426. The molecule has 1 heterocycles. The van der Waals surface area contributed by atoms with Crippen molar-refractivity contribution in [3.05, 3.63) is 23.4 Å². The molecule has 0 aliphatic rings. The Morgan fingerprint density at radius 3 is 2.65 bits per heavy atom. The molecule has 0 bridgehead atoms. The van der Waals surface area contributed by atoms with Crippen molar-refractivity contribution in [2.24, 2.45) is 5.73 Å². The zero-order valence-electron chi connectivity index (χ0n) is 10.7. The third kappa shape index (κ3) is 3.64. The summed E-state index contributed by atoms with van der Waals surface area (Å²) in [5.74, 6) is 0.708. The number of hydrogen-bond acceptors (Lipinski definition) is 4. The number of aryl methyl sites for hydroxylation is 1. The van der Waals surface area contributed by atoms with E-state index in [1.54, 1.807) is 20.0 Å². The highest BCUT2D eigenvalue weighted by atomic mass is 32.1. The molecule has 0 saturated heterocycles. The van der Waals surface area contributed by atoms with Crippen molar-refractivity contribution in [2.75, 3.05) is 18.5 Å². The molecular formula is C12H19N3OS. The standard InChI is InChI=1S/C12H19N3OS/c1-8-5-6-14-11(9(8)10(13)17)15(4)7-12(2,3)16/h5-6,16H,7H2,1-4H3,(H2,13,17). The van der Waals surface area contributed by atoms with Crippen LogP contribution >= 0.6 is 12.2 Å². The molecule has 1 aromatic rings. The lowest BCUT2D eigenvalue weighted by atomic mass is 10.1. The number of nitrogens with zero attached hydrogens (tertiary/aromatic N) is 2. The van der Waals surface area contributed by atoms with Gasteiger partial charge in [-0.15, -0.1) is 0 Å². The van der Waals surface area contributed by atoms with Gasteiger partial charge in [-0.2, -0.15) is 0 Å². The number of aromatic nitrogens is 1. The molecule has 0 amide bonds. The summed E-state index contributed by atoms with van der Waals surface area (Å²) in [6.07, 6.45) is 1.72. The largest absolute Gasteiger partial charge is 0.389 e. The van der Waals surface area contributed by atoms with Gasteiger partial charge in [0, 0.05) is 19.8 Å². The minimum atomic E-state index is -0.798. The number of nitrogens with two attached hydrogens (primary N) is 1. The van der Waals surface area contributed by atoms with Gasteiger partial charge in [0.05, 0.1) is 11.2 Å². The quantitative estimate of drug-likeness (QED) is 0.790. The summed E-state index contributed by atoms with van der Waals surface area (Å²) >= 11 is 5.05. The molecule has 17 heavy (non-hydrogen) atoms. The van der Waals surface area contributed by atoms with Gasteiger partial charge in [0.15, 0.2) is 0 Å². The van der Waals surface area contributed by atoms with Gasteiger partial charge in [0.2, 0.25) is 0 Å². The SMILES string of the molecule is Cc1ccnc(N(C)CC(C)(C)O)c1C(N)=S. The first-order chi connectivity index (χ1) is 7.72. The number of likely N-dealkylation sites (N-methyl/N-ethyl adjacent to an activating group) is 1. The summed E-state index contributed by atoms with van der Waals surface area (Å²) in [5.41, 5.74) is 6.68. The van der Waals surface area contributed by atoms with Crippen LogP contribution in [0.4, 0.5) is 5.82 Å². The first-order valence-electron chi connectivity index (χ1n) is 5.41. The monoisotopic (exact) mass is 253 g/mol. The van der Waals surface area contributed by atoms with Crippen LogP contribution < -0.4 is 10.6 Å². The maximum Gasteiger partial charge on any atom is 0.138 e.